The van der Waals surface area contributed by atoms with Crippen LogP contribution in [0.2, 0.25) is 0 Å². The molecule has 0 saturated carbocycles. The maximum absolute atomic E-state index is 9.12. The summed E-state index contributed by atoms with van der Waals surface area (Å²) < 4.78 is 0. The first kappa shape index (κ1) is 12.2. The third-order valence-electron chi connectivity index (χ3n) is 2.79. The summed E-state index contributed by atoms with van der Waals surface area (Å²) in [6.45, 7) is 5.49. The van der Waals surface area contributed by atoms with E-state index >= 15 is 0 Å². The van der Waals surface area contributed by atoms with E-state index < -0.39 is 0 Å². The number of hydrogen-bond acceptors (Lipinski definition) is 2. The summed E-state index contributed by atoms with van der Waals surface area (Å²) in [5.41, 5.74) is 1.14. The van der Waals surface area contributed by atoms with Gasteiger partial charge in [-0.05, 0) is 31.9 Å². The highest BCUT2D eigenvalue weighted by Crippen LogP contribution is 2.23. The summed E-state index contributed by atoms with van der Waals surface area (Å²) in [6.07, 6.45) is 1.85. The summed E-state index contributed by atoms with van der Waals surface area (Å²) in [4.78, 5) is 0. The predicted molar refractivity (Wildman–Crippen MR) is 63.8 cm³/mol. The third-order valence-corrected chi connectivity index (χ3v) is 2.79. The first-order valence-electron chi connectivity index (χ1n) is 5.64. The van der Waals surface area contributed by atoms with Crippen molar-refractivity contribution in [1.29, 1.82) is 0 Å². The van der Waals surface area contributed by atoms with E-state index in [1.54, 1.807) is 0 Å². The molecule has 2 N–H and O–H groups in total. The Bertz CT molecular complexity index is 273. The van der Waals surface area contributed by atoms with Gasteiger partial charge in [-0.25, -0.2) is 0 Å². The molecule has 1 aromatic carbocycles. The van der Waals surface area contributed by atoms with Crippen LogP contribution in [0.5, 0.6) is 0 Å². The van der Waals surface area contributed by atoms with Crippen LogP contribution in [0.4, 0.5) is 0 Å². The van der Waals surface area contributed by atoms with Crippen molar-refractivity contribution in [2.24, 2.45) is 0 Å². The summed E-state index contributed by atoms with van der Waals surface area (Å²) in [5.74, 6) is 0. The molecular weight excluding hydrogens is 186 g/mol. The lowest BCUT2D eigenvalue weighted by Crippen LogP contribution is -2.40. The molecule has 2 nitrogen and oxygen atoms in total. The minimum atomic E-state index is -0.105. The first-order chi connectivity index (χ1) is 7.23. The van der Waals surface area contributed by atoms with Crippen LogP contribution in [-0.4, -0.2) is 18.3 Å². The first-order valence-corrected chi connectivity index (χ1v) is 5.64. The minimum absolute atomic E-state index is 0.105. The van der Waals surface area contributed by atoms with Gasteiger partial charge in [0.05, 0.1) is 0 Å². The lowest BCUT2D eigenvalue weighted by atomic mass is 9.89. The molecule has 0 radical (unpaired) electrons. The molecule has 15 heavy (non-hydrogen) atoms. The molecule has 0 amide bonds. The van der Waals surface area contributed by atoms with Crippen molar-refractivity contribution in [1.82, 2.24) is 5.32 Å². The Hall–Kier alpha value is -0.860. The highest BCUT2D eigenvalue weighted by atomic mass is 16.3. The fourth-order valence-corrected chi connectivity index (χ4v) is 1.77. The second-order valence-corrected chi connectivity index (χ2v) is 4.10. The topological polar surface area (TPSA) is 32.3 Å². The Labute approximate surface area is 92.3 Å². The Morgan fingerprint density at radius 2 is 1.93 bits per heavy atom. The minimum Gasteiger partial charge on any atom is -0.396 e. The van der Waals surface area contributed by atoms with Crippen molar-refractivity contribution in [2.45, 2.75) is 32.2 Å². The van der Waals surface area contributed by atoms with Crippen molar-refractivity contribution in [2.75, 3.05) is 13.2 Å². The Balaban J connectivity index is 2.80. The quantitative estimate of drug-likeness (QED) is 0.750. The van der Waals surface area contributed by atoms with E-state index in [0.29, 0.717) is 0 Å². The average Bonchev–Trinajstić information content (AvgIpc) is 2.28. The maximum Gasteiger partial charge on any atom is 0.0451 e. The lowest BCUT2D eigenvalue weighted by molar-refractivity contribution is 0.221. The van der Waals surface area contributed by atoms with E-state index in [9.17, 15) is 0 Å². The second kappa shape index (κ2) is 5.89. The van der Waals surface area contributed by atoms with Gasteiger partial charge in [-0.15, -0.1) is 0 Å². The summed E-state index contributed by atoms with van der Waals surface area (Å²) >= 11 is 0. The molecule has 0 aliphatic rings. The van der Waals surface area contributed by atoms with Crippen LogP contribution in [0, 0.1) is 0 Å². The molecule has 0 fully saturated rings. The molecule has 1 aromatic rings. The Morgan fingerprint density at radius 1 is 1.27 bits per heavy atom. The molecular formula is C13H21NO. The lowest BCUT2D eigenvalue weighted by Gasteiger charge is -2.31. The molecule has 2 heteroatoms. The fourth-order valence-electron chi connectivity index (χ4n) is 1.77. The normalized spacial score (nSPS) is 14.9. The molecule has 0 aliphatic heterocycles. The molecule has 0 spiro atoms. The van der Waals surface area contributed by atoms with Crippen molar-refractivity contribution in [3.05, 3.63) is 35.9 Å². The Kier molecular flexibility index (Phi) is 4.79. The van der Waals surface area contributed by atoms with Crippen LogP contribution >= 0.6 is 0 Å². The smallest absolute Gasteiger partial charge is 0.0451 e. The fraction of sp³-hybridized carbons (Fsp3) is 0.538. The van der Waals surface area contributed by atoms with E-state index in [2.05, 4.69) is 31.3 Å². The van der Waals surface area contributed by atoms with Crippen LogP contribution in [-0.2, 0) is 5.54 Å². The third kappa shape index (κ3) is 3.33. The van der Waals surface area contributed by atoms with Gasteiger partial charge in [0, 0.05) is 12.1 Å². The van der Waals surface area contributed by atoms with Crippen molar-refractivity contribution < 1.29 is 5.11 Å². The van der Waals surface area contributed by atoms with Crippen molar-refractivity contribution in [3.63, 3.8) is 0 Å². The van der Waals surface area contributed by atoms with Crippen LogP contribution in [0.1, 0.15) is 32.3 Å². The number of aliphatic hydroxyl groups is 1. The van der Waals surface area contributed by atoms with Crippen LogP contribution in [0.15, 0.2) is 30.3 Å². The van der Waals surface area contributed by atoms with E-state index in [-0.39, 0.29) is 12.1 Å². The molecule has 0 saturated heterocycles. The molecule has 84 valence electrons. The van der Waals surface area contributed by atoms with Gasteiger partial charge >= 0.3 is 0 Å². The van der Waals surface area contributed by atoms with Gasteiger partial charge in [0.15, 0.2) is 0 Å². The average molecular weight is 207 g/mol. The molecule has 1 atom stereocenters. The largest absolute Gasteiger partial charge is 0.396 e. The highest BCUT2D eigenvalue weighted by Gasteiger charge is 2.24. The summed E-state index contributed by atoms with van der Waals surface area (Å²) in [5, 5.41) is 12.6. The zero-order valence-electron chi connectivity index (χ0n) is 9.66. The molecule has 1 unspecified atom stereocenters. The molecule has 0 aromatic heterocycles. The molecule has 0 heterocycles. The van der Waals surface area contributed by atoms with Crippen LogP contribution in [0.3, 0.4) is 0 Å². The number of aliphatic hydroxyl groups excluding tert-OH is 1. The van der Waals surface area contributed by atoms with Gasteiger partial charge < -0.3 is 10.4 Å². The summed E-state index contributed by atoms with van der Waals surface area (Å²) in [6, 6.07) is 10.3. The molecule has 0 aliphatic carbocycles. The van der Waals surface area contributed by atoms with Gasteiger partial charge in [0.2, 0.25) is 0 Å². The van der Waals surface area contributed by atoms with Crippen LogP contribution < -0.4 is 5.32 Å². The van der Waals surface area contributed by atoms with Gasteiger partial charge in [-0.3, -0.25) is 0 Å². The molecule has 0 bridgehead atoms. The van der Waals surface area contributed by atoms with Crippen molar-refractivity contribution >= 4 is 0 Å². The van der Waals surface area contributed by atoms with E-state index in [0.717, 1.165) is 19.4 Å². The maximum atomic E-state index is 9.12. The van der Waals surface area contributed by atoms with Crippen molar-refractivity contribution in [3.8, 4) is 0 Å². The SMILES string of the molecule is CCCNC(C)(CCO)c1ccccc1. The summed E-state index contributed by atoms with van der Waals surface area (Å²) in [7, 11) is 0. The number of rotatable bonds is 6. The standard InChI is InChI=1S/C13H21NO/c1-3-10-14-13(2,9-11-15)12-7-5-4-6-8-12/h4-8,14-15H,3,9-11H2,1-2H3. The number of benzene rings is 1. The number of hydrogen-bond donors (Lipinski definition) is 2. The van der Waals surface area contributed by atoms with Gasteiger partial charge in [-0.1, -0.05) is 37.3 Å². The van der Waals surface area contributed by atoms with Gasteiger partial charge in [0.25, 0.3) is 0 Å². The monoisotopic (exact) mass is 207 g/mol. The van der Waals surface area contributed by atoms with E-state index in [1.165, 1.54) is 5.56 Å². The van der Waals surface area contributed by atoms with Crippen LogP contribution in [0.25, 0.3) is 0 Å². The Morgan fingerprint density at radius 3 is 2.47 bits per heavy atom. The predicted octanol–water partition coefficient (Wildman–Crippen LogP) is 2.28. The highest BCUT2D eigenvalue weighted by molar-refractivity contribution is 5.23. The second-order valence-electron chi connectivity index (χ2n) is 4.10. The van der Waals surface area contributed by atoms with Gasteiger partial charge in [0.1, 0.15) is 0 Å². The number of nitrogens with one attached hydrogen (secondary N) is 1. The zero-order valence-corrected chi connectivity index (χ0v) is 9.66. The van der Waals surface area contributed by atoms with E-state index in [4.69, 9.17) is 5.11 Å². The molecule has 1 rings (SSSR count). The van der Waals surface area contributed by atoms with E-state index in [1.807, 2.05) is 18.2 Å². The zero-order chi connectivity index (χ0) is 11.1. The van der Waals surface area contributed by atoms with Gasteiger partial charge in [-0.2, -0.15) is 0 Å².